The molecule has 1 N–H and O–H groups in total. The van der Waals surface area contributed by atoms with Gasteiger partial charge in [-0.05, 0) is 78.8 Å². The first kappa shape index (κ1) is 37.0. The van der Waals surface area contributed by atoms with Crippen LogP contribution in [0.2, 0.25) is 0 Å². The molecule has 0 unspecified atom stereocenters. The Morgan fingerprint density at radius 1 is 0.660 bits per heavy atom. The van der Waals surface area contributed by atoms with E-state index in [1.807, 2.05) is 141 Å². The summed E-state index contributed by atoms with van der Waals surface area (Å²) in [6.07, 6.45) is 2.16. The lowest BCUT2D eigenvalue weighted by Gasteiger charge is -2.36. The fraction of sp³-hybridized carbons (Fsp3) is 0.146. The summed E-state index contributed by atoms with van der Waals surface area (Å²) >= 11 is 0. The molecule has 0 bridgehead atoms. The summed E-state index contributed by atoms with van der Waals surface area (Å²) in [6.45, 7) is 5.42. The van der Waals surface area contributed by atoms with Crippen LogP contribution in [-0.4, -0.2) is 14.2 Å². The third-order valence-corrected chi connectivity index (χ3v) is 11.1. The summed E-state index contributed by atoms with van der Waals surface area (Å²) in [6, 6.07) is 53.9. The maximum atomic E-state index is 14.1. The van der Waals surface area contributed by atoms with Gasteiger partial charge in [0.2, 0.25) is 10.0 Å². The fourth-order valence-electron chi connectivity index (χ4n) is 6.87. The number of nitrogens with one attached hydrogen (secondary N) is 1. The van der Waals surface area contributed by atoms with Gasteiger partial charge in [-0.25, -0.2) is 13.1 Å². The molecule has 264 valence electrons. The van der Waals surface area contributed by atoms with Crippen LogP contribution in [0.3, 0.4) is 0 Å². The highest BCUT2D eigenvalue weighted by molar-refractivity contribution is 7.89. The molecule has 0 aromatic heterocycles. The maximum Gasteiger partial charge on any atom is 0.241 e. The lowest BCUT2D eigenvalue weighted by molar-refractivity contribution is -0.122. The fourth-order valence-corrected chi connectivity index (χ4v) is 8.13. The van der Waals surface area contributed by atoms with Crippen molar-refractivity contribution in [3.05, 3.63) is 215 Å². The average Bonchev–Trinajstić information content (AvgIpc) is 3.18. The molecule has 4 nitrogen and oxygen atoms in total. The van der Waals surface area contributed by atoms with Gasteiger partial charge in [-0.1, -0.05) is 181 Å². The number of allylic oxidation sites excluding steroid dienone is 1. The zero-order valence-electron chi connectivity index (χ0n) is 30.2. The van der Waals surface area contributed by atoms with Gasteiger partial charge in [0.1, 0.15) is 5.78 Å². The predicted octanol–water partition coefficient (Wildman–Crippen LogP) is 10.0. The first-order valence-corrected chi connectivity index (χ1v) is 19.3. The van der Waals surface area contributed by atoms with Crippen LogP contribution in [0.25, 0.3) is 5.57 Å². The largest absolute Gasteiger partial charge is 0.300 e. The van der Waals surface area contributed by atoms with E-state index in [0.717, 1.165) is 39.0 Å². The molecular formula is C48H43NO3S. The number of ketones is 1. The Labute approximate surface area is 314 Å². The zero-order valence-corrected chi connectivity index (χ0v) is 31.1. The Morgan fingerprint density at radius 2 is 1.17 bits per heavy atom. The Hall–Kier alpha value is -5.80. The highest BCUT2D eigenvalue weighted by atomic mass is 32.2. The van der Waals surface area contributed by atoms with Crippen LogP contribution in [0.15, 0.2) is 181 Å². The summed E-state index contributed by atoms with van der Waals surface area (Å²) in [5, 5.41) is 0. The first-order chi connectivity index (χ1) is 25.7. The van der Waals surface area contributed by atoms with Gasteiger partial charge in [-0.15, -0.1) is 0 Å². The van der Waals surface area contributed by atoms with Gasteiger partial charge < -0.3 is 0 Å². The molecule has 6 rings (SSSR count). The molecule has 0 saturated heterocycles. The van der Waals surface area contributed by atoms with E-state index in [1.54, 1.807) is 31.2 Å². The van der Waals surface area contributed by atoms with Crippen molar-refractivity contribution < 1.29 is 13.2 Å². The third kappa shape index (κ3) is 8.81. The molecule has 0 aliphatic carbocycles. The number of hydrogen-bond acceptors (Lipinski definition) is 3. The van der Waals surface area contributed by atoms with E-state index in [4.69, 9.17) is 0 Å². The van der Waals surface area contributed by atoms with E-state index in [0.29, 0.717) is 5.56 Å². The molecule has 0 fully saturated rings. The summed E-state index contributed by atoms with van der Waals surface area (Å²) < 4.78 is 31.2. The van der Waals surface area contributed by atoms with Crippen LogP contribution in [0, 0.1) is 31.6 Å². The van der Waals surface area contributed by atoms with Crippen LogP contribution in [0.1, 0.15) is 58.3 Å². The lowest BCUT2D eigenvalue weighted by Crippen LogP contribution is -2.40. The second-order valence-corrected chi connectivity index (χ2v) is 15.2. The quantitative estimate of drug-likeness (QED) is 0.129. The van der Waals surface area contributed by atoms with Crippen LogP contribution in [-0.2, 0) is 20.2 Å². The highest BCUT2D eigenvalue weighted by Crippen LogP contribution is 2.42. The van der Waals surface area contributed by atoms with Crippen LogP contribution in [0.4, 0.5) is 0 Å². The minimum Gasteiger partial charge on any atom is -0.300 e. The normalized spacial score (nSPS) is 12.5. The van der Waals surface area contributed by atoms with Crippen molar-refractivity contribution in [1.82, 2.24) is 4.72 Å². The lowest BCUT2D eigenvalue weighted by atomic mass is 9.67. The van der Waals surface area contributed by atoms with Crippen molar-refractivity contribution in [2.45, 2.75) is 43.5 Å². The van der Waals surface area contributed by atoms with Crippen molar-refractivity contribution in [1.29, 1.82) is 0 Å². The number of rotatable bonds is 12. The van der Waals surface area contributed by atoms with Crippen molar-refractivity contribution in [2.75, 3.05) is 0 Å². The number of carbonyl (C=O) groups excluding carboxylic acids is 1. The van der Waals surface area contributed by atoms with E-state index < -0.39 is 27.4 Å². The molecule has 6 aromatic rings. The molecule has 53 heavy (non-hydrogen) atoms. The Balaban J connectivity index is 1.56. The van der Waals surface area contributed by atoms with Crippen LogP contribution >= 0.6 is 0 Å². The number of benzene rings is 6. The second kappa shape index (κ2) is 16.7. The second-order valence-electron chi connectivity index (χ2n) is 13.4. The molecule has 0 aliphatic heterocycles. The molecule has 2 atom stereocenters. The van der Waals surface area contributed by atoms with Gasteiger partial charge in [0.25, 0.3) is 0 Å². The average molecular weight is 714 g/mol. The van der Waals surface area contributed by atoms with Gasteiger partial charge >= 0.3 is 0 Å². The molecule has 0 saturated carbocycles. The third-order valence-electron chi connectivity index (χ3n) is 9.67. The minimum absolute atomic E-state index is 0.139. The van der Waals surface area contributed by atoms with Crippen molar-refractivity contribution in [3.63, 3.8) is 0 Å². The SMILES string of the molecule is CC(=O)[C@@H](CC(C#CC=C(c1ccccc1)c1ccccc1)(c1ccccc1)c1ccccc1)[C@H](NS(=O)(=O)c1ccc(C)cc1)c1cccc(C)c1. The summed E-state index contributed by atoms with van der Waals surface area (Å²) in [5.74, 6) is 6.20. The van der Waals surface area contributed by atoms with Crippen LogP contribution in [0.5, 0.6) is 0 Å². The van der Waals surface area contributed by atoms with E-state index in [-0.39, 0.29) is 17.1 Å². The van der Waals surface area contributed by atoms with Crippen molar-refractivity contribution >= 4 is 21.4 Å². The summed E-state index contributed by atoms with van der Waals surface area (Å²) in [5.41, 5.74) is 6.46. The van der Waals surface area contributed by atoms with E-state index in [1.165, 1.54) is 0 Å². The maximum absolute atomic E-state index is 14.1. The zero-order chi connectivity index (χ0) is 37.3. The number of aryl methyl sites for hydroxylation is 2. The van der Waals surface area contributed by atoms with E-state index in [9.17, 15) is 13.2 Å². The van der Waals surface area contributed by atoms with Gasteiger partial charge in [0.15, 0.2) is 0 Å². The highest BCUT2D eigenvalue weighted by Gasteiger charge is 2.41. The molecule has 0 aliphatic rings. The van der Waals surface area contributed by atoms with Gasteiger partial charge in [-0.2, -0.15) is 0 Å². The van der Waals surface area contributed by atoms with Crippen LogP contribution < -0.4 is 4.72 Å². The van der Waals surface area contributed by atoms with Crippen molar-refractivity contribution in [3.8, 4) is 11.8 Å². The predicted molar refractivity (Wildman–Crippen MR) is 216 cm³/mol. The molecule has 0 radical (unpaired) electrons. The number of Topliss-reactive ketones (excluding diaryl/α,β-unsaturated/α-hetero) is 1. The standard InChI is InChI=1S/C48H43NO3S/c1-36-29-31-44(32-30-36)53(51,52)49-47(41-23-16-18-37(2)34-41)46(38(3)50)35-48(42-24-12-6-13-25-42,43-26-14-7-15-27-43)33-17-28-45(39-19-8-4-9-20-39)40-21-10-5-11-22-40/h4-16,18-32,34,46-47,49H,35H2,1-3H3/t46-,47-/m1/s1. The smallest absolute Gasteiger partial charge is 0.241 e. The first-order valence-electron chi connectivity index (χ1n) is 17.8. The molecule has 6 aromatic carbocycles. The van der Waals surface area contributed by atoms with Gasteiger partial charge in [0, 0.05) is 5.92 Å². The van der Waals surface area contributed by atoms with Gasteiger partial charge in [-0.3, -0.25) is 4.79 Å². The Kier molecular flexibility index (Phi) is 11.6. The van der Waals surface area contributed by atoms with Crippen molar-refractivity contribution in [2.24, 2.45) is 5.92 Å². The summed E-state index contributed by atoms with van der Waals surface area (Å²) in [7, 11) is -4.04. The number of hydrogen-bond donors (Lipinski definition) is 1. The Morgan fingerprint density at radius 3 is 1.66 bits per heavy atom. The minimum atomic E-state index is -4.04. The number of sulfonamides is 1. The topological polar surface area (TPSA) is 63.2 Å². The molecule has 0 spiro atoms. The Bertz CT molecular complexity index is 2260. The molecule has 0 amide bonds. The van der Waals surface area contributed by atoms with E-state index >= 15 is 0 Å². The molecular weight excluding hydrogens is 671 g/mol. The molecule has 0 heterocycles. The summed E-state index contributed by atoms with van der Waals surface area (Å²) in [4.78, 5) is 14.2. The number of carbonyl (C=O) groups is 1. The van der Waals surface area contributed by atoms with E-state index in [2.05, 4.69) is 40.8 Å². The monoisotopic (exact) mass is 713 g/mol. The molecule has 5 heteroatoms. The van der Waals surface area contributed by atoms with Gasteiger partial charge in [0.05, 0.1) is 16.4 Å².